The second kappa shape index (κ2) is 7.41. The summed E-state index contributed by atoms with van der Waals surface area (Å²) in [4.78, 5) is 14.8. The molecule has 2 aliphatic rings. The van der Waals surface area contributed by atoms with Gasteiger partial charge in [-0.3, -0.25) is 9.69 Å². The van der Waals surface area contributed by atoms with Gasteiger partial charge in [0.05, 0.1) is 6.54 Å². The van der Waals surface area contributed by atoms with E-state index in [9.17, 15) is 4.79 Å². The number of piperazine rings is 1. The zero-order valence-corrected chi connectivity index (χ0v) is 13.2. The predicted octanol–water partition coefficient (Wildman–Crippen LogP) is 1.90. The largest absolute Gasteiger partial charge is 0.352 e. The first kappa shape index (κ1) is 15.8. The quantitative estimate of drug-likeness (QED) is 0.809. The van der Waals surface area contributed by atoms with Crippen LogP contribution in [0, 0.1) is 0 Å². The second-order valence-electron chi connectivity index (χ2n) is 6.46. The van der Waals surface area contributed by atoms with Crippen molar-refractivity contribution < 1.29 is 4.79 Å². The van der Waals surface area contributed by atoms with Gasteiger partial charge in [0.1, 0.15) is 0 Å². The van der Waals surface area contributed by atoms with Crippen LogP contribution in [0.25, 0.3) is 0 Å². The molecule has 2 fully saturated rings. The average molecular weight is 281 g/mol. The number of carbonyl (C=O) groups excluding carboxylic acids is 1. The minimum Gasteiger partial charge on any atom is -0.352 e. The molecule has 0 bridgehead atoms. The highest BCUT2D eigenvalue weighted by Gasteiger charge is 2.40. The zero-order chi connectivity index (χ0) is 14.4. The molecule has 0 radical (unpaired) electrons. The Morgan fingerprint density at radius 2 is 1.95 bits per heavy atom. The van der Waals surface area contributed by atoms with Crippen molar-refractivity contribution in [1.82, 2.24) is 15.5 Å². The van der Waals surface area contributed by atoms with E-state index in [4.69, 9.17) is 0 Å². The zero-order valence-electron chi connectivity index (χ0n) is 13.2. The molecule has 1 amide bonds. The van der Waals surface area contributed by atoms with E-state index in [0.29, 0.717) is 12.6 Å². The predicted molar refractivity (Wildman–Crippen MR) is 82.8 cm³/mol. The minimum absolute atomic E-state index is 0.213. The van der Waals surface area contributed by atoms with Gasteiger partial charge in [-0.05, 0) is 25.7 Å². The summed E-state index contributed by atoms with van der Waals surface area (Å²) in [6.07, 6.45) is 8.52. The Kier molecular flexibility index (Phi) is 5.85. The molecule has 1 aliphatic heterocycles. The lowest BCUT2D eigenvalue weighted by atomic mass is 9.79. The smallest absolute Gasteiger partial charge is 0.234 e. The van der Waals surface area contributed by atoms with Crippen LogP contribution in [-0.2, 0) is 4.79 Å². The molecule has 4 nitrogen and oxygen atoms in total. The summed E-state index contributed by atoms with van der Waals surface area (Å²) in [5.41, 5.74) is 0.252. The number of carbonyl (C=O) groups is 1. The van der Waals surface area contributed by atoms with Crippen LogP contribution in [0.1, 0.15) is 58.8 Å². The fraction of sp³-hybridized carbons (Fsp3) is 0.938. The monoisotopic (exact) mass is 281 g/mol. The number of nitrogens with one attached hydrogen (secondary N) is 2. The Balaban J connectivity index is 1.93. The van der Waals surface area contributed by atoms with Gasteiger partial charge in [0.25, 0.3) is 0 Å². The molecule has 0 aromatic carbocycles. The van der Waals surface area contributed by atoms with Crippen LogP contribution in [0.5, 0.6) is 0 Å². The van der Waals surface area contributed by atoms with E-state index in [1.807, 2.05) is 0 Å². The van der Waals surface area contributed by atoms with Gasteiger partial charge in [-0.15, -0.1) is 0 Å². The normalized spacial score (nSPS) is 23.1. The molecule has 1 saturated carbocycles. The van der Waals surface area contributed by atoms with Gasteiger partial charge in [0, 0.05) is 31.2 Å². The summed E-state index contributed by atoms with van der Waals surface area (Å²) in [5.74, 6) is 0.213. The van der Waals surface area contributed by atoms with E-state index < -0.39 is 0 Å². The first-order chi connectivity index (χ1) is 9.70. The lowest BCUT2D eigenvalue weighted by Gasteiger charge is -2.49. The highest BCUT2D eigenvalue weighted by atomic mass is 16.2. The molecule has 20 heavy (non-hydrogen) atoms. The van der Waals surface area contributed by atoms with Crippen molar-refractivity contribution >= 4 is 5.91 Å². The van der Waals surface area contributed by atoms with E-state index in [0.717, 1.165) is 32.5 Å². The average Bonchev–Trinajstić information content (AvgIpc) is 2.48. The molecule has 116 valence electrons. The van der Waals surface area contributed by atoms with Gasteiger partial charge in [0.2, 0.25) is 5.91 Å². The number of amides is 1. The molecule has 0 aromatic heterocycles. The van der Waals surface area contributed by atoms with Crippen LogP contribution in [0.3, 0.4) is 0 Å². The molecule has 2 N–H and O–H groups in total. The van der Waals surface area contributed by atoms with Crippen molar-refractivity contribution in [3.63, 3.8) is 0 Å². The van der Waals surface area contributed by atoms with Gasteiger partial charge < -0.3 is 10.6 Å². The van der Waals surface area contributed by atoms with Gasteiger partial charge in [-0.1, -0.05) is 33.1 Å². The van der Waals surface area contributed by atoms with E-state index in [2.05, 4.69) is 29.4 Å². The third-order valence-electron chi connectivity index (χ3n) is 5.15. The molecular weight excluding hydrogens is 250 g/mol. The summed E-state index contributed by atoms with van der Waals surface area (Å²) in [6, 6.07) is 0.340. The summed E-state index contributed by atoms with van der Waals surface area (Å²) < 4.78 is 0. The van der Waals surface area contributed by atoms with Gasteiger partial charge >= 0.3 is 0 Å². The molecule has 0 aromatic rings. The molecule has 0 atom stereocenters. The Bertz CT molecular complexity index is 301. The number of nitrogens with zero attached hydrogens (tertiary/aromatic N) is 1. The Morgan fingerprint density at radius 3 is 2.60 bits per heavy atom. The van der Waals surface area contributed by atoms with E-state index in [1.54, 1.807) is 0 Å². The van der Waals surface area contributed by atoms with E-state index >= 15 is 0 Å². The molecule has 2 rings (SSSR count). The maximum Gasteiger partial charge on any atom is 0.234 e. The maximum atomic E-state index is 12.3. The molecule has 1 heterocycles. The highest BCUT2D eigenvalue weighted by Crippen LogP contribution is 2.34. The van der Waals surface area contributed by atoms with Crippen molar-refractivity contribution in [3.05, 3.63) is 0 Å². The van der Waals surface area contributed by atoms with Crippen LogP contribution < -0.4 is 10.6 Å². The fourth-order valence-corrected chi connectivity index (χ4v) is 3.77. The number of hydrogen-bond acceptors (Lipinski definition) is 3. The van der Waals surface area contributed by atoms with Gasteiger partial charge in [0.15, 0.2) is 0 Å². The van der Waals surface area contributed by atoms with Gasteiger partial charge in [-0.25, -0.2) is 0 Å². The summed E-state index contributed by atoms with van der Waals surface area (Å²) >= 11 is 0. The van der Waals surface area contributed by atoms with E-state index in [1.165, 1.54) is 32.1 Å². The SMILES string of the molecule is CCC(CC)NC(=O)CN1CCNCC12CCCCC2. The van der Waals surface area contributed by atoms with Crippen LogP contribution in [0.4, 0.5) is 0 Å². The summed E-state index contributed by atoms with van der Waals surface area (Å²) in [6.45, 7) is 7.95. The molecule has 4 heteroatoms. The first-order valence-electron chi connectivity index (χ1n) is 8.45. The highest BCUT2D eigenvalue weighted by molar-refractivity contribution is 5.78. The van der Waals surface area contributed by atoms with E-state index in [-0.39, 0.29) is 11.4 Å². The lowest BCUT2D eigenvalue weighted by molar-refractivity contribution is -0.125. The van der Waals surface area contributed by atoms with Crippen molar-refractivity contribution in [2.24, 2.45) is 0 Å². The molecule has 1 saturated heterocycles. The molecule has 1 aliphatic carbocycles. The van der Waals surface area contributed by atoms with Crippen LogP contribution in [-0.4, -0.2) is 48.6 Å². The standard InChI is InChI=1S/C16H31N3O/c1-3-14(4-2)18-15(20)12-19-11-10-17-13-16(19)8-6-5-7-9-16/h14,17H,3-13H2,1-2H3,(H,18,20). The molecule has 1 spiro atoms. The van der Waals surface area contributed by atoms with Crippen molar-refractivity contribution in [2.45, 2.75) is 70.4 Å². The topological polar surface area (TPSA) is 44.4 Å². The minimum atomic E-state index is 0.213. The third kappa shape index (κ3) is 3.73. The third-order valence-corrected chi connectivity index (χ3v) is 5.15. The fourth-order valence-electron chi connectivity index (χ4n) is 3.77. The van der Waals surface area contributed by atoms with Gasteiger partial charge in [-0.2, -0.15) is 0 Å². The van der Waals surface area contributed by atoms with Crippen molar-refractivity contribution in [2.75, 3.05) is 26.2 Å². The lowest BCUT2D eigenvalue weighted by Crippen LogP contribution is -2.63. The first-order valence-corrected chi connectivity index (χ1v) is 8.45. The number of hydrogen-bond donors (Lipinski definition) is 2. The Morgan fingerprint density at radius 1 is 1.25 bits per heavy atom. The van der Waals surface area contributed by atoms with Crippen LogP contribution >= 0.6 is 0 Å². The number of rotatable bonds is 5. The van der Waals surface area contributed by atoms with Crippen LogP contribution in [0.15, 0.2) is 0 Å². The molecule has 0 unspecified atom stereocenters. The summed E-state index contributed by atoms with van der Waals surface area (Å²) in [7, 11) is 0. The van der Waals surface area contributed by atoms with Crippen LogP contribution in [0.2, 0.25) is 0 Å². The maximum absolute atomic E-state index is 12.3. The van der Waals surface area contributed by atoms with Crippen molar-refractivity contribution in [1.29, 1.82) is 0 Å². The Hall–Kier alpha value is -0.610. The Labute approximate surface area is 123 Å². The van der Waals surface area contributed by atoms with Crippen molar-refractivity contribution in [3.8, 4) is 0 Å². The summed E-state index contributed by atoms with van der Waals surface area (Å²) in [5, 5.41) is 6.72. The second-order valence-corrected chi connectivity index (χ2v) is 6.46. The molecular formula is C16H31N3O.